The van der Waals surface area contributed by atoms with Crippen LogP contribution >= 0.6 is 0 Å². The first kappa shape index (κ1) is 19.7. The van der Waals surface area contributed by atoms with Crippen LogP contribution in [0.2, 0.25) is 0 Å². The van der Waals surface area contributed by atoms with Crippen molar-refractivity contribution in [1.82, 2.24) is 14.9 Å². The second-order valence-corrected chi connectivity index (χ2v) is 7.28. The van der Waals surface area contributed by atoms with Crippen LogP contribution in [0.4, 0.5) is 0 Å². The summed E-state index contributed by atoms with van der Waals surface area (Å²) in [6.07, 6.45) is 8.75. The fourth-order valence-corrected chi connectivity index (χ4v) is 3.69. The summed E-state index contributed by atoms with van der Waals surface area (Å²) in [5.41, 5.74) is 6.46. The summed E-state index contributed by atoms with van der Waals surface area (Å²) < 4.78 is 11.2. The Kier molecular flexibility index (Phi) is 7.11. The molecule has 1 aromatic heterocycles. The van der Waals surface area contributed by atoms with E-state index in [4.69, 9.17) is 15.2 Å². The van der Waals surface area contributed by atoms with Gasteiger partial charge in [0.1, 0.15) is 12.9 Å². The molecule has 0 spiro atoms. The standard InChI is InChI=1S/C19H28N4O4/c20-19(25)16-10-21-13-22-17(16)9-14-4-6-23(7-5-14)18(24)12-26-11-15-3-1-2-8-27-15/h10,13-15H,1-9,11-12H2,(H2,20,25)/t15-/m1/s1. The molecule has 3 rings (SSSR count). The van der Waals surface area contributed by atoms with E-state index in [0.29, 0.717) is 43.3 Å². The topological polar surface area (TPSA) is 108 Å². The highest BCUT2D eigenvalue weighted by molar-refractivity contribution is 5.93. The van der Waals surface area contributed by atoms with Crippen molar-refractivity contribution in [2.24, 2.45) is 11.7 Å². The molecule has 0 aliphatic carbocycles. The molecule has 3 heterocycles. The maximum atomic E-state index is 12.3. The number of likely N-dealkylation sites (tertiary alicyclic amines) is 1. The van der Waals surface area contributed by atoms with Crippen molar-refractivity contribution in [3.63, 3.8) is 0 Å². The van der Waals surface area contributed by atoms with E-state index in [0.717, 1.165) is 32.3 Å². The van der Waals surface area contributed by atoms with Gasteiger partial charge in [-0.05, 0) is 44.4 Å². The third kappa shape index (κ3) is 5.71. The molecule has 0 unspecified atom stereocenters. The van der Waals surface area contributed by atoms with Gasteiger partial charge < -0.3 is 20.1 Å². The fraction of sp³-hybridized carbons (Fsp3) is 0.684. The highest BCUT2D eigenvalue weighted by Gasteiger charge is 2.25. The molecule has 27 heavy (non-hydrogen) atoms. The number of primary amides is 1. The van der Waals surface area contributed by atoms with Gasteiger partial charge in [-0.3, -0.25) is 9.59 Å². The van der Waals surface area contributed by atoms with E-state index in [9.17, 15) is 9.59 Å². The Balaban J connectivity index is 1.39. The normalized spacial score (nSPS) is 21.2. The minimum atomic E-state index is -0.502. The first-order valence-corrected chi connectivity index (χ1v) is 9.69. The molecular formula is C19H28N4O4. The van der Waals surface area contributed by atoms with Gasteiger partial charge in [-0.25, -0.2) is 9.97 Å². The highest BCUT2D eigenvalue weighted by atomic mass is 16.5. The van der Waals surface area contributed by atoms with Crippen LogP contribution in [-0.2, 0) is 20.7 Å². The molecule has 0 radical (unpaired) electrons. The molecule has 1 aromatic rings. The van der Waals surface area contributed by atoms with Gasteiger partial charge in [0, 0.05) is 25.9 Å². The lowest BCUT2D eigenvalue weighted by atomic mass is 9.91. The number of ether oxygens (including phenoxy) is 2. The van der Waals surface area contributed by atoms with Gasteiger partial charge in [-0.1, -0.05) is 0 Å². The molecule has 2 aliphatic heterocycles. The molecule has 2 N–H and O–H groups in total. The second kappa shape index (κ2) is 9.75. The smallest absolute Gasteiger partial charge is 0.252 e. The van der Waals surface area contributed by atoms with Gasteiger partial charge in [-0.2, -0.15) is 0 Å². The van der Waals surface area contributed by atoms with E-state index in [1.165, 1.54) is 18.9 Å². The van der Waals surface area contributed by atoms with Crippen LogP contribution in [0.3, 0.4) is 0 Å². The molecule has 2 amide bonds. The lowest BCUT2D eigenvalue weighted by molar-refractivity contribution is -0.139. The Morgan fingerprint density at radius 1 is 1.26 bits per heavy atom. The second-order valence-electron chi connectivity index (χ2n) is 7.28. The zero-order chi connectivity index (χ0) is 19.1. The van der Waals surface area contributed by atoms with Crippen LogP contribution in [0, 0.1) is 5.92 Å². The van der Waals surface area contributed by atoms with Crippen LogP contribution in [0.25, 0.3) is 0 Å². The van der Waals surface area contributed by atoms with Crippen LogP contribution in [-0.4, -0.2) is 65.7 Å². The summed E-state index contributed by atoms with van der Waals surface area (Å²) in [4.78, 5) is 33.7. The summed E-state index contributed by atoms with van der Waals surface area (Å²) in [7, 11) is 0. The molecule has 0 bridgehead atoms. The minimum Gasteiger partial charge on any atom is -0.376 e. The van der Waals surface area contributed by atoms with E-state index in [1.54, 1.807) is 0 Å². The van der Waals surface area contributed by atoms with Crippen molar-refractivity contribution in [2.45, 2.75) is 44.6 Å². The average molecular weight is 376 g/mol. The number of piperidine rings is 1. The summed E-state index contributed by atoms with van der Waals surface area (Å²) in [5, 5.41) is 0. The van der Waals surface area contributed by atoms with Crippen LogP contribution in [0.15, 0.2) is 12.5 Å². The first-order valence-electron chi connectivity index (χ1n) is 9.69. The predicted molar refractivity (Wildman–Crippen MR) is 98.0 cm³/mol. The number of amides is 2. The molecule has 2 saturated heterocycles. The molecular weight excluding hydrogens is 348 g/mol. The molecule has 1 atom stereocenters. The largest absolute Gasteiger partial charge is 0.376 e. The summed E-state index contributed by atoms with van der Waals surface area (Å²) in [6.45, 7) is 2.79. The Bertz CT molecular complexity index is 640. The molecule has 148 valence electrons. The molecule has 0 saturated carbocycles. The molecule has 8 nitrogen and oxygen atoms in total. The summed E-state index contributed by atoms with van der Waals surface area (Å²) in [5.74, 6) is -0.0972. The number of carbonyl (C=O) groups excluding carboxylic acids is 2. The van der Waals surface area contributed by atoms with Gasteiger partial charge in [0.2, 0.25) is 5.91 Å². The van der Waals surface area contributed by atoms with E-state index >= 15 is 0 Å². The average Bonchev–Trinajstić information content (AvgIpc) is 2.69. The Hall–Kier alpha value is -2.06. The highest BCUT2D eigenvalue weighted by Crippen LogP contribution is 2.22. The van der Waals surface area contributed by atoms with E-state index in [1.807, 2.05) is 4.90 Å². The number of rotatable bonds is 7. The lowest BCUT2D eigenvalue weighted by Gasteiger charge is -2.32. The Labute approximate surface area is 159 Å². The summed E-state index contributed by atoms with van der Waals surface area (Å²) >= 11 is 0. The van der Waals surface area contributed by atoms with Crippen molar-refractivity contribution in [2.75, 3.05) is 32.9 Å². The Morgan fingerprint density at radius 2 is 2.07 bits per heavy atom. The van der Waals surface area contributed by atoms with E-state index in [2.05, 4.69) is 9.97 Å². The van der Waals surface area contributed by atoms with Crippen molar-refractivity contribution in [3.05, 3.63) is 23.8 Å². The Morgan fingerprint density at radius 3 is 2.78 bits per heavy atom. The van der Waals surface area contributed by atoms with Crippen molar-refractivity contribution >= 4 is 11.8 Å². The maximum Gasteiger partial charge on any atom is 0.252 e. The van der Waals surface area contributed by atoms with E-state index < -0.39 is 5.91 Å². The number of aromatic nitrogens is 2. The van der Waals surface area contributed by atoms with Crippen LogP contribution in [0.5, 0.6) is 0 Å². The minimum absolute atomic E-state index is 0.0316. The van der Waals surface area contributed by atoms with E-state index in [-0.39, 0.29) is 18.6 Å². The number of nitrogens with two attached hydrogens (primary N) is 1. The maximum absolute atomic E-state index is 12.3. The number of hydrogen-bond donors (Lipinski definition) is 1. The van der Waals surface area contributed by atoms with Gasteiger partial charge in [-0.15, -0.1) is 0 Å². The predicted octanol–water partition coefficient (Wildman–Crippen LogP) is 0.942. The monoisotopic (exact) mass is 376 g/mol. The third-order valence-electron chi connectivity index (χ3n) is 5.31. The van der Waals surface area contributed by atoms with Crippen molar-refractivity contribution in [1.29, 1.82) is 0 Å². The summed E-state index contributed by atoms with van der Waals surface area (Å²) in [6, 6.07) is 0. The van der Waals surface area contributed by atoms with Gasteiger partial charge in [0.25, 0.3) is 5.91 Å². The molecule has 2 fully saturated rings. The zero-order valence-electron chi connectivity index (χ0n) is 15.6. The van der Waals surface area contributed by atoms with Crippen molar-refractivity contribution in [3.8, 4) is 0 Å². The van der Waals surface area contributed by atoms with Gasteiger partial charge in [0.05, 0.1) is 24.0 Å². The number of carbonyl (C=O) groups is 2. The fourth-order valence-electron chi connectivity index (χ4n) is 3.69. The van der Waals surface area contributed by atoms with Crippen LogP contribution in [0.1, 0.15) is 48.2 Å². The first-order chi connectivity index (χ1) is 13.1. The molecule has 2 aliphatic rings. The van der Waals surface area contributed by atoms with Crippen molar-refractivity contribution < 1.29 is 19.1 Å². The van der Waals surface area contributed by atoms with Crippen LogP contribution < -0.4 is 5.73 Å². The third-order valence-corrected chi connectivity index (χ3v) is 5.31. The molecule has 0 aromatic carbocycles. The number of hydrogen-bond acceptors (Lipinski definition) is 6. The zero-order valence-corrected chi connectivity index (χ0v) is 15.6. The quantitative estimate of drug-likeness (QED) is 0.759. The lowest BCUT2D eigenvalue weighted by Crippen LogP contribution is -2.41. The SMILES string of the molecule is NC(=O)c1cncnc1CC1CCN(C(=O)COC[C@H]2CCCCO2)CC1. The van der Waals surface area contributed by atoms with Gasteiger partial charge >= 0.3 is 0 Å². The van der Waals surface area contributed by atoms with Gasteiger partial charge in [0.15, 0.2) is 0 Å². The number of nitrogens with zero attached hydrogens (tertiary/aromatic N) is 3. The molecule has 8 heteroatoms.